The van der Waals surface area contributed by atoms with Crippen molar-refractivity contribution in [2.45, 2.75) is 43.6 Å². The van der Waals surface area contributed by atoms with Crippen LogP contribution in [0.4, 0.5) is 5.69 Å². The van der Waals surface area contributed by atoms with Crippen molar-refractivity contribution in [3.8, 4) is 0 Å². The van der Waals surface area contributed by atoms with Gasteiger partial charge < -0.3 is 4.74 Å². The van der Waals surface area contributed by atoms with Gasteiger partial charge in [0.05, 0.1) is 22.3 Å². The summed E-state index contributed by atoms with van der Waals surface area (Å²) in [5.41, 5.74) is -0.0986. The molecule has 1 aliphatic carbocycles. The first-order valence-electron chi connectivity index (χ1n) is 7.66. The van der Waals surface area contributed by atoms with Crippen LogP contribution in [-0.2, 0) is 20.5 Å². The second kappa shape index (κ2) is 5.85. The van der Waals surface area contributed by atoms with Gasteiger partial charge in [0, 0.05) is 18.7 Å². The van der Waals surface area contributed by atoms with Gasteiger partial charge in [-0.15, -0.1) is 0 Å². The molecule has 1 heterocycles. The van der Waals surface area contributed by atoms with Gasteiger partial charge in [-0.3, -0.25) is 10.1 Å². The van der Waals surface area contributed by atoms with Gasteiger partial charge in [-0.05, 0) is 37.7 Å². The second-order valence-corrected chi connectivity index (χ2v) is 8.30. The molecule has 2 unspecified atom stereocenters. The minimum Gasteiger partial charge on any atom is -0.376 e. The summed E-state index contributed by atoms with van der Waals surface area (Å²) >= 11 is 0. The molecule has 1 aromatic carbocycles. The number of ether oxygens (including phenoxy) is 1. The van der Waals surface area contributed by atoms with E-state index >= 15 is 0 Å². The van der Waals surface area contributed by atoms with E-state index in [4.69, 9.17) is 4.74 Å². The quantitative estimate of drug-likeness (QED) is 0.630. The van der Waals surface area contributed by atoms with Gasteiger partial charge in [-0.25, -0.2) is 13.1 Å². The third kappa shape index (κ3) is 3.70. The molecule has 0 spiro atoms. The van der Waals surface area contributed by atoms with Gasteiger partial charge in [0.1, 0.15) is 0 Å². The lowest BCUT2D eigenvalue weighted by Gasteiger charge is -2.31. The van der Waals surface area contributed by atoms with Crippen LogP contribution >= 0.6 is 0 Å². The summed E-state index contributed by atoms with van der Waals surface area (Å²) in [6.45, 7) is 2.47. The van der Waals surface area contributed by atoms with E-state index in [2.05, 4.69) is 4.72 Å². The second-order valence-electron chi connectivity index (χ2n) is 6.58. The minimum atomic E-state index is -3.55. The van der Waals surface area contributed by atoms with Crippen molar-refractivity contribution < 1.29 is 18.1 Å². The van der Waals surface area contributed by atoms with Gasteiger partial charge in [-0.1, -0.05) is 12.1 Å². The number of nitrogens with one attached hydrogen (secondary N) is 1. The van der Waals surface area contributed by atoms with Crippen molar-refractivity contribution in [3.63, 3.8) is 0 Å². The first-order valence-corrected chi connectivity index (χ1v) is 9.31. The van der Waals surface area contributed by atoms with E-state index < -0.39 is 20.5 Å². The number of hydrogen-bond acceptors (Lipinski definition) is 5. The third-order valence-electron chi connectivity index (χ3n) is 4.49. The number of hydrogen-bond donors (Lipinski definition) is 1. The summed E-state index contributed by atoms with van der Waals surface area (Å²) in [4.78, 5) is 10.1. The summed E-state index contributed by atoms with van der Waals surface area (Å²) in [6.07, 6.45) is 2.77. The SMILES string of the molecule is CC1(NS(=O)(=O)Cc2ccc([N+](=O)[O-])cc2)CCOC1C1CC1. The molecule has 23 heavy (non-hydrogen) atoms. The molecule has 8 heteroatoms. The monoisotopic (exact) mass is 340 g/mol. The van der Waals surface area contributed by atoms with Crippen LogP contribution in [0.15, 0.2) is 24.3 Å². The fourth-order valence-corrected chi connectivity index (χ4v) is 4.85. The van der Waals surface area contributed by atoms with Crippen molar-refractivity contribution >= 4 is 15.7 Å². The molecule has 7 nitrogen and oxygen atoms in total. The Bertz CT molecular complexity index is 699. The minimum absolute atomic E-state index is 0.0518. The Morgan fingerprint density at radius 1 is 1.35 bits per heavy atom. The van der Waals surface area contributed by atoms with Crippen LogP contribution < -0.4 is 4.72 Å². The van der Waals surface area contributed by atoms with E-state index in [1.54, 1.807) is 0 Å². The highest BCUT2D eigenvalue weighted by Crippen LogP contribution is 2.43. The Balaban J connectivity index is 1.70. The van der Waals surface area contributed by atoms with Crippen LogP contribution in [0, 0.1) is 16.0 Å². The Kier molecular flexibility index (Phi) is 4.16. The molecule has 2 aliphatic rings. The van der Waals surface area contributed by atoms with E-state index in [1.807, 2.05) is 6.92 Å². The summed E-state index contributed by atoms with van der Waals surface area (Å²) in [6, 6.07) is 5.59. The predicted octanol–water partition coefficient (Wildman–Crippen LogP) is 1.97. The molecule has 1 saturated heterocycles. The fraction of sp³-hybridized carbons (Fsp3) is 0.600. The number of non-ortho nitro benzene ring substituents is 1. The number of nitrogens with zero attached hydrogens (tertiary/aromatic N) is 1. The van der Waals surface area contributed by atoms with E-state index in [0.29, 0.717) is 24.5 Å². The van der Waals surface area contributed by atoms with Crippen LogP contribution in [0.3, 0.4) is 0 Å². The van der Waals surface area contributed by atoms with Crippen LogP contribution in [-0.4, -0.2) is 31.6 Å². The van der Waals surface area contributed by atoms with E-state index in [1.165, 1.54) is 24.3 Å². The molecule has 0 aromatic heterocycles. The third-order valence-corrected chi connectivity index (χ3v) is 5.98. The van der Waals surface area contributed by atoms with Crippen molar-refractivity contribution in [3.05, 3.63) is 39.9 Å². The average Bonchev–Trinajstić information content (AvgIpc) is 3.22. The highest BCUT2D eigenvalue weighted by Gasteiger charge is 2.49. The standard InChI is InChI=1S/C15H20N2O5S/c1-15(8-9-22-14(15)12-4-5-12)16-23(20,21)10-11-2-6-13(7-3-11)17(18)19/h2-3,6-7,12,14,16H,4-5,8-10H2,1H3. The van der Waals surface area contributed by atoms with Crippen molar-refractivity contribution in [2.24, 2.45) is 5.92 Å². The maximum Gasteiger partial charge on any atom is 0.269 e. The van der Waals surface area contributed by atoms with E-state index in [9.17, 15) is 18.5 Å². The number of nitro benzene ring substituents is 1. The topological polar surface area (TPSA) is 98.5 Å². The van der Waals surface area contributed by atoms with E-state index in [0.717, 1.165) is 12.8 Å². The van der Waals surface area contributed by atoms with Gasteiger partial charge in [0.2, 0.25) is 10.0 Å². The zero-order chi connectivity index (χ0) is 16.7. The van der Waals surface area contributed by atoms with Crippen molar-refractivity contribution in [1.29, 1.82) is 0 Å². The van der Waals surface area contributed by atoms with Gasteiger partial charge in [-0.2, -0.15) is 0 Å². The molecule has 3 rings (SSSR count). The Labute approximate surface area is 135 Å². The van der Waals surface area contributed by atoms with E-state index in [-0.39, 0.29) is 17.5 Å². The van der Waals surface area contributed by atoms with Gasteiger partial charge in [0.15, 0.2) is 0 Å². The maximum atomic E-state index is 12.5. The fourth-order valence-electron chi connectivity index (χ4n) is 3.21. The van der Waals surface area contributed by atoms with Gasteiger partial charge >= 0.3 is 0 Å². The highest BCUT2D eigenvalue weighted by atomic mass is 32.2. The Morgan fingerprint density at radius 2 is 2.00 bits per heavy atom. The van der Waals surface area contributed by atoms with Gasteiger partial charge in [0.25, 0.3) is 5.69 Å². The summed E-state index contributed by atoms with van der Waals surface area (Å²) in [5, 5.41) is 10.6. The number of rotatable bonds is 6. The molecular weight excluding hydrogens is 320 g/mol. The lowest BCUT2D eigenvalue weighted by atomic mass is 9.92. The lowest BCUT2D eigenvalue weighted by molar-refractivity contribution is -0.384. The van der Waals surface area contributed by atoms with Crippen molar-refractivity contribution in [1.82, 2.24) is 4.72 Å². The first kappa shape index (κ1) is 16.4. The molecule has 0 amide bonds. The zero-order valence-corrected chi connectivity index (χ0v) is 13.7. The molecule has 1 N–H and O–H groups in total. The molecule has 1 aliphatic heterocycles. The Morgan fingerprint density at radius 3 is 2.57 bits per heavy atom. The smallest absolute Gasteiger partial charge is 0.269 e. The molecule has 1 aromatic rings. The zero-order valence-electron chi connectivity index (χ0n) is 12.9. The molecule has 126 valence electrons. The molecule has 1 saturated carbocycles. The summed E-state index contributed by atoms with van der Waals surface area (Å²) in [7, 11) is -3.55. The molecule has 2 atom stereocenters. The molecule has 0 radical (unpaired) electrons. The molecule has 0 bridgehead atoms. The highest BCUT2D eigenvalue weighted by molar-refractivity contribution is 7.88. The van der Waals surface area contributed by atoms with Crippen molar-refractivity contribution in [2.75, 3.05) is 6.61 Å². The lowest BCUT2D eigenvalue weighted by Crippen LogP contribution is -2.52. The average molecular weight is 340 g/mol. The normalized spacial score (nSPS) is 28.0. The van der Waals surface area contributed by atoms with Crippen LogP contribution in [0.1, 0.15) is 31.7 Å². The summed E-state index contributed by atoms with van der Waals surface area (Å²) < 4.78 is 33.5. The van der Waals surface area contributed by atoms with Crippen LogP contribution in [0.2, 0.25) is 0 Å². The predicted molar refractivity (Wildman–Crippen MR) is 84.3 cm³/mol. The number of nitro groups is 1. The molecule has 2 fully saturated rings. The summed E-state index contributed by atoms with van der Waals surface area (Å²) in [5.74, 6) is 0.252. The maximum absolute atomic E-state index is 12.5. The number of sulfonamides is 1. The largest absolute Gasteiger partial charge is 0.376 e. The number of benzene rings is 1. The van der Waals surface area contributed by atoms with Crippen LogP contribution in [0.25, 0.3) is 0 Å². The Hall–Kier alpha value is -1.51. The first-order chi connectivity index (χ1) is 10.8. The molecular formula is C15H20N2O5S. The van der Waals surface area contributed by atoms with Crippen LogP contribution in [0.5, 0.6) is 0 Å².